The van der Waals surface area contributed by atoms with Crippen molar-refractivity contribution in [2.75, 3.05) is 5.32 Å². The van der Waals surface area contributed by atoms with Gasteiger partial charge in [0.05, 0.1) is 0 Å². The van der Waals surface area contributed by atoms with Gasteiger partial charge in [0.25, 0.3) is 5.91 Å². The van der Waals surface area contributed by atoms with E-state index in [9.17, 15) is 9.59 Å². The summed E-state index contributed by atoms with van der Waals surface area (Å²) in [6.45, 7) is 3.90. The van der Waals surface area contributed by atoms with Crippen molar-refractivity contribution in [1.29, 1.82) is 0 Å². The average Bonchev–Trinajstić information content (AvgIpc) is 2.87. The van der Waals surface area contributed by atoms with E-state index in [4.69, 9.17) is 4.52 Å². The molecule has 0 fully saturated rings. The number of carbonyl (C=O) groups excluding carboxylic acids is 1. The number of anilines is 1. The maximum absolute atomic E-state index is 12.7. The van der Waals surface area contributed by atoms with E-state index in [1.165, 1.54) is 4.74 Å². The number of nitrogens with one attached hydrogen (secondary N) is 1. The lowest BCUT2D eigenvalue weighted by Crippen LogP contribution is -2.20. The predicted molar refractivity (Wildman–Crippen MR) is 93.3 cm³/mol. The normalized spacial score (nSPS) is 10.6. The van der Waals surface area contributed by atoms with Crippen molar-refractivity contribution in [3.05, 3.63) is 75.6 Å². The second kappa shape index (κ2) is 6.20. The van der Waals surface area contributed by atoms with Crippen LogP contribution in [0.25, 0.3) is 11.3 Å². The molecular weight excluding hydrogens is 304 g/mol. The van der Waals surface area contributed by atoms with E-state index in [0.29, 0.717) is 11.4 Å². The summed E-state index contributed by atoms with van der Waals surface area (Å²) in [6, 6.07) is 14.9. The second-order valence-corrected chi connectivity index (χ2v) is 5.67. The topological polar surface area (TPSA) is 64.2 Å². The van der Waals surface area contributed by atoms with Gasteiger partial charge in [-0.1, -0.05) is 42.5 Å². The number of carbonyl (C=O) groups is 1. The van der Waals surface area contributed by atoms with Crippen molar-refractivity contribution in [3.8, 4) is 11.3 Å². The minimum atomic E-state index is -0.654. The molecule has 122 valence electrons. The summed E-state index contributed by atoms with van der Waals surface area (Å²) in [5.41, 5.74) is 3.27. The fourth-order valence-electron chi connectivity index (χ4n) is 2.66. The van der Waals surface area contributed by atoms with Gasteiger partial charge in [-0.25, -0.2) is 9.53 Å². The van der Waals surface area contributed by atoms with Crippen molar-refractivity contribution in [2.45, 2.75) is 13.8 Å². The highest BCUT2D eigenvalue weighted by Crippen LogP contribution is 2.24. The number of hydrogen-bond acceptors (Lipinski definition) is 3. The maximum Gasteiger partial charge on any atom is 0.370 e. The first-order chi connectivity index (χ1) is 11.5. The molecule has 3 rings (SSSR count). The molecular formula is C19H18N2O3. The van der Waals surface area contributed by atoms with Crippen molar-refractivity contribution < 1.29 is 9.32 Å². The van der Waals surface area contributed by atoms with Crippen molar-refractivity contribution >= 4 is 11.6 Å². The summed E-state index contributed by atoms with van der Waals surface area (Å²) in [7, 11) is 1.61. The van der Waals surface area contributed by atoms with E-state index in [-0.39, 0.29) is 5.56 Å². The Bertz CT molecular complexity index is 952. The van der Waals surface area contributed by atoms with Gasteiger partial charge in [0.15, 0.2) is 5.56 Å². The Morgan fingerprint density at radius 1 is 1.04 bits per heavy atom. The molecule has 1 N–H and O–H groups in total. The van der Waals surface area contributed by atoms with Crippen LogP contribution in [0.2, 0.25) is 0 Å². The minimum absolute atomic E-state index is 0.00426. The summed E-state index contributed by atoms with van der Waals surface area (Å²) >= 11 is 0. The molecule has 0 atom stereocenters. The Labute approximate surface area is 139 Å². The Morgan fingerprint density at radius 2 is 1.75 bits per heavy atom. The summed E-state index contributed by atoms with van der Waals surface area (Å²) in [5.74, 6) is -0.475. The highest BCUT2D eigenvalue weighted by Gasteiger charge is 2.24. The molecule has 1 heterocycles. The summed E-state index contributed by atoms with van der Waals surface area (Å²) in [4.78, 5) is 24.9. The summed E-state index contributed by atoms with van der Waals surface area (Å²) < 4.78 is 6.44. The molecule has 1 amide bonds. The van der Waals surface area contributed by atoms with Crippen LogP contribution in [0.5, 0.6) is 0 Å². The fraction of sp³-hybridized carbons (Fsp3) is 0.158. The highest BCUT2D eigenvalue weighted by molar-refractivity contribution is 6.08. The molecule has 0 aliphatic rings. The van der Waals surface area contributed by atoms with E-state index in [0.717, 1.165) is 16.7 Å². The van der Waals surface area contributed by atoms with E-state index in [1.54, 1.807) is 7.05 Å². The lowest BCUT2D eigenvalue weighted by Gasteiger charge is -2.10. The van der Waals surface area contributed by atoms with Gasteiger partial charge in [0, 0.05) is 18.3 Å². The lowest BCUT2D eigenvalue weighted by atomic mass is 10.1. The van der Waals surface area contributed by atoms with Crippen LogP contribution in [0.4, 0.5) is 5.69 Å². The first-order valence-corrected chi connectivity index (χ1v) is 7.62. The maximum atomic E-state index is 12.7. The molecule has 1 aromatic heterocycles. The van der Waals surface area contributed by atoms with E-state index in [2.05, 4.69) is 5.32 Å². The van der Waals surface area contributed by atoms with Gasteiger partial charge in [-0.3, -0.25) is 4.79 Å². The number of rotatable bonds is 3. The third-order valence-electron chi connectivity index (χ3n) is 4.10. The van der Waals surface area contributed by atoms with Crippen molar-refractivity contribution in [1.82, 2.24) is 4.74 Å². The average molecular weight is 322 g/mol. The van der Waals surface area contributed by atoms with E-state index < -0.39 is 11.5 Å². The first-order valence-electron chi connectivity index (χ1n) is 7.62. The molecule has 0 bridgehead atoms. The molecule has 0 aliphatic carbocycles. The predicted octanol–water partition coefficient (Wildman–Crippen LogP) is 3.51. The Morgan fingerprint density at radius 3 is 2.46 bits per heavy atom. The summed E-state index contributed by atoms with van der Waals surface area (Å²) in [5, 5.41) is 2.82. The van der Waals surface area contributed by atoms with Crippen molar-refractivity contribution in [2.24, 2.45) is 7.05 Å². The third kappa shape index (κ3) is 2.76. The standard InChI is InChI=1S/C19H18N2O3/c1-12-8-7-11-15(13(12)2)20-18(22)16-17(21(3)24-19(16)23)14-9-5-4-6-10-14/h4-11H,1-3H3,(H,20,22). The van der Waals surface area contributed by atoms with Gasteiger partial charge in [-0.2, -0.15) is 0 Å². The van der Waals surface area contributed by atoms with Gasteiger partial charge < -0.3 is 9.84 Å². The van der Waals surface area contributed by atoms with Crippen LogP contribution >= 0.6 is 0 Å². The van der Waals surface area contributed by atoms with Crippen LogP contribution in [-0.4, -0.2) is 10.6 Å². The number of hydrogen-bond donors (Lipinski definition) is 1. The summed E-state index contributed by atoms with van der Waals surface area (Å²) in [6.07, 6.45) is 0. The molecule has 0 unspecified atom stereocenters. The van der Waals surface area contributed by atoms with E-state index >= 15 is 0 Å². The molecule has 24 heavy (non-hydrogen) atoms. The molecule has 0 saturated heterocycles. The zero-order chi connectivity index (χ0) is 17.3. The van der Waals surface area contributed by atoms with Crippen LogP contribution in [-0.2, 0) is 7.05 Å². The van der Waals surface area contributed by atoms with Crippen LogP contribution < -0.4 is 10.9 Å². The van der Waals surface area contributed by atoms with Gasteiger partial charge >= 0.3 is 5.63 Å². The van der Waals surface area contributed by atoms with Crippen LogP contribution in [0.3, 0.4) is 0 Å². The smallest absolute Gasteiger partial charge is 0.335 e. The molecule has 3 aromatic rings. The molecule has 5 nitrogen and oxygen atoms in total. The highest BCUT2D eigenvalue weighted by atomic mass is 16.5. The number of nitrogens with zero attached hydrogens (tertiary/aromatic N) is 1. The largest absolute Gasteiger partial charge is 0.370 e. The van der Waals surface area contributed by atoms with Crippen LogP contribution in [0, 0.1) is 13.8 Å². The van der Waals surface area contributed by atoms with Gasteiger partial charge in [-0.15, -0.1) is 0 Å². The SMILES string of the molecule is Cc1cccc(NC(=O)c2c(-c3ccccc3)n(C)oc2=O)c1C. The number of benzene rings is 2. The monoisotopic (exact) mass is 322 g/mol. The Balaban J connectivity index is 2.05. The number of aromatic nitrogens is 1. The van der Waals surface area contributed by atoms with Crippen LogP contribution in [0.1, 0.15) is 21.5 Å². The Kier molecular flexibility index (Phi) is 4.08. The van der Waals surface area contributed by atoms with Gasteiger partial charge in [0.2, 0.25) is 0 Å². The van der Waals surface area contributed by atoms with Crippen LogP contribution in [0.15, 0.2) is 57.8 Å². The number of amides is 1. The van der Waals surface area contributed by atoms with Gasteiger partial charge in [0.1, 0.15) is 5.69 Å². The molecule has 0 aliphatic heterocycles. The number of aryl methyl sites for hydroxylation is 2. The second-order valence-electron chi connectivity index (χ2n) is 5.67. The molecule has 5 heteroatoms. The molecule has 0 saturated carbocycles. The minimum Gasteiger partial charge on any atom is -0.335 e. The Hall–Kier alpha value is -3.08. The zero-order valence-electron chi connectivity index (χ0n) is 13.8. The fourth-order valence-corrected chi connectivity index (χ4v) is 2.66. The molecule has 0 spiro atoms. The zero-order valence-corrected chi connectivity index (χ0v) is 13.8. The third-order valence-corrected chi connectivity index (χ3v) is 4.10. The van der Waals surface area contributed by atoms with Crippen molar-refractivity contribution in [3.63, 3.8) is 0 Å². The van der Waals surface area contributed by atoms with Gasteiger partial charge in [-0.05, 0) is 31.0 Å². The molecule has 0 radical (unpaired) electrons. The quantitative estimate of drug-likeness (QED) is 0.802. The molecule has 2 aromatic carbocycles. The van der Waals surface area contributed by atoms with E-state index in [1.807, 2.05) is 62.4 Å². The first kappa shape index (κ1) is 15.8. The lowest BCUT2D eigenvalue weighted by molar-refractivity contribution is 0.102.